The zero-order valence-electron chi connectivity index (χ0n) is 10.4. The second kappa shape index (κ2) is 5.31. The Bertz CT molecular complexity index is 383. The first-order valence-electron chi connectivity index (χ1n) is 6.08. The molecule has 17 heavy (non-hydrogen) atoms. The van der Waals surface area contributed by atoms with Crippen molar-refractivity contribution in [3.63, 3.8) is 0 Å². The van der Waals surface area contributed by atoms with E-state index in [1.165, 1.54) is 19.0 Å². The Morgan fingerprint density at radius 2 is 2.47 bits per heavy atom. The third-order valence-electron chi connectivity index (χ3n) is 3.23. The molecule has 0 bridgehead atoms. The molecule has 0 radical (unpaired) electrons. The Morgan fingerprint density at radius 1 is 1.65 bits per heavy atom. The molecule has 2 rings (SSSR count). The highest BCUT2D eigenvalue weighted by Crippen LogP contribution is 2.12. The minimum atomic E-state index is -0.0175. The van der Waals surface area contributed by atoms with Gasteiger partial charge in [-0.1, -0.05) is 11.6 Å². The quantitative estimate of drug-likeness (QED) is 0.858. The third kappa shape index (κ3) is 2.85. The van der Waals surface area contributed by atoms with E-state index in [0.717, 1.165) is 19.5 Å². The van der Waals surface area contributed by atoms with Crippen LogP contribution in [0.4, 0.5) is 0 Å². The van der Waals surface area contributed by atoms with Crippen LogP contribution in [0.15, 0.2) is 10.7 Å². The lowest BCUT2D eigenvalue weighted by atomic mass is 10.0. The molecule has 5 nitrogen and oxygen atoms in total. The number of piperidine rings is 1. The van der Waals surface area contributed by atoms with Crippen LogP contribution >= 0.6 is 0 Å². The van der Waals surface area contributed by atoms with Crippen molar-refractivity contribution in [3.05, 3.63) is 17.5 Å². The molecular weight excluding hydrogens is 218 g/mol. The van der Waals surface area contributed by atoms with Gasteiger partial charge in [0.05, 0.1) is 6.20 Å². The van der Waals surface area contributed by atoms with E-state index in [-0.39, 0.29) is 5.91 Å². The van der Waals surface area contributed by atoms with E-state index in [4.69, 9.17) is 4.52 Å². The summed E-state index contributed by atoms with van der Waals surface area (Å²) in [5.74, 6) is 0.564. The van der Waals surface area contributed by atoms with E-state index in [0.29, 0.717) is 17.4 Å². The molecule has 1 amide bonds. The fourth-order valence-electron chi connectivity index (χ4n) is 2.20. The second-order valence-electron chi connectivity index (χ2n) is 4.63. The summed E-state index contributed by atoms with van der Waals surface area (Å²) in [6, 6.07) is 0.415. The van der Waals surface area contributed by atoms with Crippen LogP contribution in [0.5, 0.6) is 0 Å². The second-order valence-corrected chi connectivity index (χ2v) is 4.63. The first-order chi connectivity index (χ1) is 8.18. The van der Waals surface area contributed by atoms with Gasteiger partial charge in [0.1, 0.15) is 11.3 Å². The number of nitrogens with one attached hydrogen (secondary N) is 1. The van der Waals surface area contributed by atoms with E-state index in [1.54, 1.807) is 11.8 Å². The molecule has 1 aliphatic rings. The summed E-state index contributed by atoms with van der Waals surface area (Å²) in [7, 11) is 1.82. The molecule has 1 aromatic rings. The van der Waals surface area contributed by atoms with Gasteiger partial charge in [-0.05, 0) is 26.3 Å². The average molecular weight is 237 g/mol. The monoisotopic (exact) mass is 237 g/mol. The lowest BCUT2D eigenvalue weighted by Gasteiger charge is -2.28. The molecule has 1 N–H and O–H groups in total. The first kappa shape index (κ1) is 12.1. The highest BCUT2D eigenvalue weighted by atomic mass is 16.5. The maximum Gasteiger partial charge on any atom is 0.258 e. The number of aromatic nitrogens is 1. The Labute approximate surface area is 101 Å². The van der Waals surface area contributed by atoms with Crippen molar-refractivity contribution in [1.82, 2.24) is 15.4 Å². The lowest BCUT2D eigenvalue weighted by molar-refractivity contribution is 0.0773. The van der Waals surface area contributed by atoms with E-state index >= 15 is 0 Å². The van der Waals surface area contributed by atoms with Crippen molar-refractivity contribution >= 4 is 5.91 Å². The number of aryl methyl sites for hydroxylation is 1. The summed E-state index contributed by atoms with van der Waals surface area (Å²) in [4.78, 5) is 13.8. The number of rotatable bonds is 3. The normalized spacial score (nSPS) is 20.2. The average Bonchev–Trinajstić information content (AvgIpc) is 2.76. The predicted molar refractivity (Wildman–Crippen MR) is 63.8 cm³/mol. The minimum absolute atomic E-state index is 0.0175. The van der Waals surface area contributed by atoms with Gasteiger partial charge in [0.15, 0.2) is 0 Å². The maximum absolute atomic E-state index is 12.1. The van der Waals surface area contributed by atoms with Crippen molar-refractivity contribution in [2.45, 2.75) is 32.2 Å². The van der Waals surface area contributed by atoms with Crippen LogP contribution in [0, 0.1) is 6.92 Å². The van der Waals surface area contributed by atoms with Crippen molar-refractivity contribution < 1.29 is 9.32 Å². The summed E-state index contributed by atoms with van der Waals surface area (Å²) in [6.07, 6.45) is 5.10. The van der Waals surface area contributed by atoms with Gasteiger partial charge in [0.25, 0.3) is 5.91 Å². The van der Waals surface area contributed by atoms with Gasteiger partial charge in [-0.15, -0.1) is 0 Å². The van der Waals surface area contributed by atoms with E-state index < -0.39 is 0 Å². The smallest absolute Gasteiger partial charge is 0.258 e. The molecule has 94 valence electrons. The molecule has 0 spiro atoms. The highest BCUT2D eigenvalue weighted by molar-refractivity contribution is 5.94. The molecule has 1 aliphatic heterocycles. The summed E-state index contributed by atoms with van der Waals surface area (Å²) >= 11 is 0. The molecule has 5 heteroatoms. The van der Waals surface area contributed by atoms with Crippen LogP contribution in [-0.4, -0.2) is 42.1 Å². The number of carbonyl (C=O) groups excluding carboxylic acids is 1. The number of nitrogens with zero attached hydrogens (tertiary/aromatic N) is 2. The van der Waals surface area contributed by atoms with Gasteiger partial charge in [-0.3, -0.25) is 4.79 Å². The number of hydrogen-bond acceptors (Lipinski definition) is 4. The zero-order chi connectivity index (χ0) is 12.3. The Hall–Kier alpha value is -1.36. The fourth-order valence-corrected chi connectivity index (χ4v) is 2.20. The predicted octanol–water partition coefficient (Wildman–Crippen LogP) is 1.20. The first-order valence-corrected chi connectivity index (χ1v) is 6.08. The molecule has 1 atom stereocenters. The summed E-state index contributed by atoms with van der Waals surface area (Å²) < 4.78 is 4.91. The lowest BCUT2D eigenvalue weighted by Crippen LogP contribution is -2.44. The molecule has 1 unspecified atom stereocenters. The van der Waals surface area contributed by atoms with Crippen molar-refractivity contribution in [2.75, 3.05) is 20.1 Å². The maximum atomic E-state index is 12.1. The molecule has 0 aromatic carbocycles. The van der Waals surface area contributed by atoms with Crippen LogP contribution in [0.1, 0.15) is 35.4 Å². The van der Waals surface area contributed by atoms with Gasteiger partial charge in [0.2, 0.25) is 0 Å². The van der Waals surface area contributed by atoms with E-state index in [2.05, 4.69) is 10.5 Å². The summed E-state index contributed by atoms with van der Waals surface area (Å²) in [5.41, 5.74) is 0.559. The van der Waals surface area contributed by atoms with Crippen LogP contribution in [0.2, 0.25) is 0 Å². The summed E-state index contributed by atoms with van der Waals surface area (Å²) in [6.45, 7) is 3.55. The molecule has 1 aromatic heterocycles. The topological polar surface area (TPSA) is 58.4 Å². The van der Waals surface area contributed by atoms with Crippen LogP contribution in [0.3, 0.4) is 0 Å². The minimum Gasteiger partial charge on any atom is -0.361 e. The van der Waals surface area contributed by atoms with Gasteiger partial charge in [0, 0.05) is 19.6 Å². The standard InChI is InChI=1S/C12H19N3O2/c1-9-11(7-14-17-9)12(16)15(2)8-10-5-3-4-6-13-10/h7,10,13H,3-6,8H2,1-2H3. The zero-order valence-corrected chi connectivity index (χ0v) is 10.4. The molecule has 1 saturated heterocycles. The fraction of sp³-hybridized carbons (Fsp3) is 0.667. The molecule has 1 fully saturated rings. The molecule has 0 aliphatic carbocycles. The molecular formula is C12H19N3O2. The number of hydrogen-bond donors (Lipinski definition) is 1. The van der Waals surface area contributed by atoms with Crippen LogP contribution in [-0.2, 0) is 0 Å². The van der Waals surface area contributed by atoms with Gasteiger partial charge < -0.3 is 14.7 Å². The number of amides is 1. The number of likely N-dealkylation sites (N-methyl/N-ethyl adjacent to an activating group) is 1. The molecule has 0 saturated carbocycles. The SMILES string of the molecule is Cc1oncc1C(=O)N(C)CC1CCCCN1. The van der Waals surface area contributed by atoms with Gasteiger partial charge in [-0.2, -0.15) is 0 Å². The van der Waals surface area contributed by atoms with Crippen molar-refractivity contribution in [2.24, 2.45) is 0 Å². The number of carbonyl (C=O) groups is 1. The van der Waals surface area contributed by atoms with Gasteiger partial charge in [-0.25, -0.2) is 0 Å². The third-order valence-corrected chi connectivity index (χ3v) is 3.23. The van der Waals surface area contributed by atoms with Crippen molar-refractivity contribution in [1.29, 1.82) is 0 Å². The Kier molecular flexibility index (Phi) is 3.78. The van der Waals surface area contributed by atoms with Crippen LogP contribution in [0.25, 0.3) is 0 Å². The largest absolute Gasteiger partial charge is 0.361 e. The molecule has 2 heterocycles. The van der Waals surface area contributed by atoms with E-state index in [1.807, 2.05) is 7.05 Å². The Morgan fingerprint density at radius 3 is 3.06 bits per heavy atom. The highest BCUT2D eigenvalue weighted by Gasteiger charge is 2.21. The van der Waals surface area contributed by atoms with Crippen LogP contribution < -0.4 is 5.32 Å². The van der Waals surface area contributed by atoms with E-state index in [9.17, 15) is 4.79 Å². The van der Waals surface area contributed by atoms with Crippen molar-refractivity contribution in [3.8, 4) is 0 Å². The van der Waals surface area contributed by atoms with Gasteiger partial charge >= 0.3 is 0 Å². The Balaban J connectivity index is 1.93. The summed E-state index contributed by atoms with van der Waals surface area (Å²) in [5, 5.41) is 7.07.